The van der Waals surface area contributed by atoms with E-state index in [4.69, 9.17) is 10.00 Å². The minimum Gasteiger partial charge on any atom is -0.457 e. The number of amides is 1. The summed E-state index contributed by atoms with van der Waals surface area (Å²) in [5.74, 6) is 0.860. The first kappa shape index (κ1) is 19.3. The van der Waals surface area contributed by atoms with Crippen LogP contribution in [0.4, 0.5) is 13.2 Å². The number of hydrogen-bond donors (Lipinski definition) is 0. The molecule has 0 radical (unpaired) electrons. The summed E-state index contributed by atoms with van der Waals surface area (Å²) in [6.07, 6.45) is -2.37. The normalized spacial score (nSPS) is 21.0. The number of nitrogens with zero attached hydrogens (tertiary/aromatic N) is 2. The van der Waals surface area contributed by atoms with Crippen LogP contribution in [0.15, 0.2) is 42.5 Å². The summed E-state index contributed by atoms with van der Waals surface area (Å²) in [6.45, 7) is 1.13. The lowest BCUT2D eigenvalue weighted by Gasteiger charge is -2.36. The second-order valence-electron chi connectivity index (χ2n) is 7.56. The molecule has 4 nitrogen and oxygen atoms in total. The van der Waals surface area contributed by atoms with Crippen molar-refractivity contribution in [3.63, 3.8) is 0 Å². The van der Waals surface area contributed by atoms with Gasteiger partial charge in [0.1, 0.15) is 11.5 Å². The Morgan fingerprint density at radius 2 is 1.76 bits per heavy atom. The molecular formula is C22H19F3N2O2. The monoisotopic (exact) mass is 400 g/mol. The summed E-state index contributed by atoms with van der Waals surface area (Å²) in [5.41, 5.74) is 1.39. The molecular weight excluding hydrogens is 381 g/mol. The van der Waals surface area contributed by atoms with Gasteiger partial charge >= 0.3 is 6.18 Å². The van der Waals surface area contributed by atoms with Gasteiger partial charge in [-0.05, 0) is 66.8 Å². The number of halogens is 3. The molecule has 29 heavy (non-hydrogen) atoms. The molecule has 1 fully saturated rings. The molecule has 4 rings (SSSR count). The fraction of sp³-hybridized carbons (Fsp3) is 0.364. The highest BCUT2D eigenvalue weighted by atomic mass is 19.4. The number of carbonyl (C=O) groups excluding carboxylic acids is 1. The molecule has 1 aliphatic heterocycles. The van der Waals surface area contributed by atoms with Crippen molar-refractivity contribution in [1.29, 1.82) is 5.26 Å². The van der Waals surface area contributed by atoms with Gasteiger partial charge in [0, 0.05) is 24.9 Å². The molecule has 1 aliphatic carbocycles. The van der Waals surface area contributed by atoms with Crippen molar-refractivity contribution in [2.75, 3.05) is 6.54 Å². The van der Waals surface area contributed by atoms with Crippen LogP contribution in [0, 0.1) is 23.2 Å². The summed E-state index contributed by atoms with van der Waals surface area (Å²) >= 11 is 0. The number of fused-ring (bicyclic) bond motifs is 1. The molecule has 2 aliphatic rings. The minimum atomic E-state index is -4.38. The predicted octanol–water partition coefficient (Wildman–Crippen LogP) is 4.93. The number of carbonyl (C=O) groups is 1. The smallest absolute Gasteiger partial charge is 0.416 e. The van der Waals surface area contributed by atoms with Crippen molar-refractivity contribution < 1.29 is 22.7 Å². The van der Waals surface area contributed by atoms with E-state index >= 15 is 0 Å². The van der Waals surface area contributed by atoms with Crippen LogP contribution in [0.1, 0.15) is 29.5 Å². The maximum atomic E-state index is 12.7. The third-order valence-electron chi connectivity index (χ3n) is 5.59. The van der Waals surface area contributed by atoms with Gasteiger partial charge in [-0.2, -0.15) is 18.4 Å². The third kappa shape index (κ3) is 4.07. The highest BCUT2D eigenvalue weighted by Gasteiger charge is 2.37. The first-order chi connectivity index (χ1) is 13.8. The van der Waals surface area contributed by atoms with Gasteiger partial charge < -0.3 is 9.64 Å². The van der Waals surface area contributed by atoms with E-state index in [1.807, 2.05) is 17.0 Å². The molecule has 0 unspecified atom stereocenters. The molecule has 150 valence electrons. The first-order valence-electron chi connectivity index (χ1n) is 9.49. The van der Waals surface area contributed by atoms with Crippen LogP contribution >= 0.6 is 0 Å². The van der Waals surface area contributed by atoms with Crippen LogP contribution in [-0.2, 0) is 23.9 Å². The van der Waals surface area contributed by atoms with E-state index in [-0.39, 0.29) is 17.7 Å². The van der Waals surface area contributed by atoms with Gasteiger partial charge in [0.15, 0.2) is 0 Å². The maximum Gasteiger partial charge on any atom is 0.416 e. The van der Waals surface area contributed by atoms with Crippen molar-refractivity contribution >= 4 is 5.91 Å². The lowest BCUT2D eigenvalue weighted by Crippen LogP contribution is -2.43. The maximum absolute atomic E-state index is 12.7. The molecule has 0 spiro atoms. The number of ether oxygens (including phenoxy) is 1. The molecule has 1 amide bonds. The summed E-state index contributed by atoms with van der Waals surface area (Å²) in [6, 6.07) is 12.3. The number of hydrogen-bond acceptors (Lipinski definition) is 3. The van der Waals surface area contributed by atoms with E-state index in [2.05, 4.69) is 6.07 Å². The summed E-state index contributed by atoms with van der Waals surface area (Å²) < 4.78 is 43.7. The Hall–Kier alpha value is -3.01. The van der Waals surface area contributed by atoms with Crippen LogP contribution in [-0.4, -0.2) is 17.4 Å². The topological polar surface area (TPSA) is 53.3 Å². The highest BCUT2D eigenvalue weighted by Crippen LogP contribution is 2.36. The zero-order chi connectivity index (χ0) is 20.6. The Kier molecular flexibility index (Phi) is 4.95. The van der Waals surface area contributed by atoms with Gasteiger partial charge in [-0.15, -0.1) is 0 Å². The molecule has 0 aromatic heterocycles. The van der Waals surface area contributed by atoms with E-state index in [0.29, 0.717) is 37.4 Å². The first-order valence-corrected chi connectivity index (χ1v) is 9.49. The van der Waals surface area contributed by atoms with Crippen molar-refractivity contribution in [2.45, 2.75) is 32.0 Å². The predicted molar refractivity (Wildman–Crippen MR) is 98.9 cm³/mol. The lowest BCUT2D eigenvalue weighted by molar-refractivity contribution is -0.140. The fourth-order valence-corrected chi connectivity index (χ4v) is 3.82. The summed E-state index contributed by atoms with van der Waals surface area (Å²) in [5, 5.41) is 8.89. The largest absolute Gasteiger partial charge is 0.457 e. The van der Waals surface area contributed by atoms with E-state index in [0.717, 1.165) is 29.7 Å². The Morgan fingerprint density at radius 1 is 1.07 bits per heavy atom. The van der Waals surface area contributed by atoms with Crippen molar-refractivity contribution in [1.82, 2.24) is 4.90 Å². The number of nitriles is 1. The van der Waals surface area contributed by atoms with Gasteiger partial charge in [0.25, 0.3) is 0 Å². The molecule has 0 N–H and O–H groups in total. The second-order valence-corrected chi connectivity index (χ2v) is 7.56. The molecule has 1 saturated carbocycles. The van der Waals surface area contributed by atoms with Crippen molar-refractivity contribution in [3.05, 3.63) is 59.2 Å². The van der Waals surface area contributed by atoms with Gasteiger partial charge in [0.2, 0.25) is 5.91 Å². The molecule has 0 atom stereocenters. The minimum absolute atomic E-state index is 0.00948. The number of benzene rings is 2. The van der Waals surface area contributed by atoms with E-state index in [9.17, 15) is 18.0 Å². The molecule has 0 bridgehead atoms. The standard InChI is InChI=1S/C22H19F3N2O2/c23-22(24,25)18-2-5-19(6-3-18)29-20-4-1-15-7-8-27(13-17(15)11-20)21(28)16-9-14(10-16)12-26/h1-6,11,14,16H,7-10,13H2. The zero-order valence-electron chi connectivity index (χ0n) is 15.6. The van der Waals surface area contributed by atoms with Crippen LogP contribution in [0.2, 0.25) is 0 Å². The zero-order valence-corrected chi connectivity index (χ0v) is 15.6. The Labute approximate surface area is 166 Å². The van der Waals surface area contributed by atoms with Crippen LogP contribution in [0.3, 0.4) is 0 Å². The van der Waals surface area contributed by atoms with E-state index in [1.165, 1.54) is 12.1 Å². The van der Waals surface area contributed by atoms with Crippen molar-refractivity contribution in [2.24, 2.45) is 11.8 Å². The molecule has 0 saturated heterocycles. The number of alkyl halides is 3. The van der Waals surface area contributed by atoms with Gasteiger partial charge in [0.05, 0.1) is 11.6 Å². The molecule has 2 aromatic carbocycles. The van der Waals surface area contributed by atoms with Gasteiger partial charge in [-0.1, -0.05) is 6.07 Å². The van der Waals surface area contributed by atoms with Gasteiger partial charge in [-0.3, -0.25) is 4.79 Å². The Morgan fingerprint density at radius 3 is 2.41 bits per heavy atom. The second kappa shape index (κ2) is 7.43. The SMILES string of the molecule is N#CC1CC(C(=O)N2CCc3ccc(Oc4ccc(C(F)(F)F)cc4)cc3C2)C1. The lowest BCUT2D eigenvalue weighted by atomic mass is 9.75. The quantitative estimate of drug-likeness (QED) is 0.734. The van der Waals surface area contributed by atoms with Crippen LogP contribution in [0.5, 0.6) is 11.5 Å². The fourth-order valence-electron chi connectivity index (χ4n) is 3.82. The molecule has 1 heterocycles. The van der Waals surface area contributed by atoms with Crippen LogP contribution < -0.4 is 4.74 Å². The average molecular weight is 400 g/mol. The van der Waals surface area contributed by atoms with Gasteiger partial charge in [-0.25, -0.2) is 0 Å². The summed E-state index contributed by atoms with van der Waals surface area (Å²) in [4.78, 5) is 14.5. The average Bonchev–Trinajstić information content (AvgIpc) is 2.66. The van der Waals surface area contributed by atoms with Crippen LogP contribution in [0.25, 0.3) is 0 Å². The Bertz CT molecular complexity index is 958. The Balaban J connectivity index is 1.43. The van der Waals surface area contributed by atoms with E-state index < -0.39 is 11.7 Å². The van der Waals surface area contributed by atoms with Crippen molar-refractivity contribution in [3.8, 4) is 17.6 Å². The number of rotatable bonds is 3. The van der Waals surface area contributed by atoms with E-state index in [1.54, 1.807) is 6.07 Å². The molecule has 2 aromatic rings. The third-order valence-corrected chi connectivity index (χ3v) is 5.59. The molecule has 7 heteroatoms. The summed E-state index contributed by atoms with van der Waals surface area (Å²) in [7, 11) is 0. The highest BCUT2D eigenvalue weighted by molar-refractivity contribution is 5.80.